The highest BCUT2D eigenvalue weighted by molar-refractivity contribution is 5.62. The highest BCUT2D eigenvalue weighted by Crippen LogP contribution is 2.24. The van der Waals surface area contributed by atoms with Crippen LogP contribution in [0.2, 0.25) is 0 Å². The summed E-state index contributed by atoms with van der Waals surface area (Å²) in [7, 11) is 3.80. The molecule has 2 rings (SSSR count). The normalized spacial score (nSPS) is 9.90. The van der Waals surface area contributed by atoms with Crippen molar-refractivity contribution < 1.29 is 0 Å². The number of anilines is 3. The molecule has 0 radical (unpaired) electrons. The minimum Gasteiger partial charge on any atom is -0.346 e. The first kappa shape index (κ1) is 13.8. The Balaban J connectivity index is 2.29. The lowest BCUT2D eigenvalue weighted by Crippen LogP contribution is -2.19. The van der Waals surface area contributed by atoms with Crippen molar-refractivity contribution in [2.45, 2.75) is 6.92 Å². The van der Waals surface area contributed by atoms with E-state index in [1.165, 1.54) is 11.9 Å². The van der Waals surface area contributed by atoms with Gasteiger partial charge in [-0.2, -0.15) is 5.26 Å². The number of aromatic nitrogens is 2. The fraction of sp³-hybridized carbons (Fsp3) is 0.267. The third kappa shape index (κ3) is 3.04. The summed E-state index contributed by atoms with van der Waals surface area (Å²) in [5.74, 6) is 1.53. The van der Waals surface area contributed by atoms with Gasteiger partial charge in [-0.25, -0.2) is 9.97 Å². The van der Waals surface area contributed by atoms with Crippen molar-refractivity contribution in [1.29, 1.82) is 5.26 Å². The minimum atomic E-state index is 0.296. The van der Waals surface area contributed by atoms with E-state index < -0.39 is 0 Å². The molecule has 1 heterocycles. The van der Waals surface area contributed by atoms with E-state index in [1.54, 1.807) is 4.90 Å². The van der Waals surface area contributed by atoms with Crippen LogP contribution < -0.4 is 9.80 Å². The van der Waals surface area contributed by atoms with E-state index >= 15 is 0 Å². The Morgan fingerprint density at radius 3 is 2.60 bits per heavy atom. The Kier molecular flexibility index (Phi) is 4.16. The van der Waals surface area contributed by atoms with E-state index in [0.29, 0.717) is 6.54 Å². The lowest BCUT2D eigenvalue weighted by atomic mass is 10.2. The second-order valence-electron chi connectivity index (χ2n) is 4.65. The molecule has 0 N–H and O–H groups in total. The van der Waals surface area contributed by atoms with Gasteiger partial charge in [0.1, 0.15) is 24.5 Å². The summed E-state index contributed by atoms with van der Waals surface area (Å²) in [5.41, 5.74) is 2.27. The topological polar surface area (TPSA) is 56.0 Å². The van der Waals surface area contributed by atoms with Gasteiger partial charge in [-0.15, -0.1) is 0 Å². The van der Waals surface area contributed by atoms with Crippen LogP contribution in [-0.4, -0.2) is 30.6 Å². The third-order valence-electron chi connectivity index (χ3n) is 3.07. The standard InChI is InChI=1S/C15H17N5/c1-12-5-4-6-13(9-12)20(3)15-10-14(17-11-18-15)19(2)8-7-16/h4-6,9-11H,8H2,1-3H3. The van der Waals surface area contributed by atoms with E-state index in [1.807, 2.05) is 37.2 Å². The van der Waals surface area contributed by atoms with E-state index in [0.717, 1.165) is 17.3 Å². The van der Waals surface area contributed by atoms with Gasteiger partial charge in [0.15, 0.2) is 0 Å². The summed E-state index contributed by atoms with van der Waals surface area (Å²) in [6.07, 6.45) is 1.52. The Labute approximate surface area is 119 Å². The van der Waals surface area contributed by atoms with Gasteiger partial charge >= 0.3 is 0 Å². The summed E-state index contributed by atoms with van der Waals surface area (Å²) < 4.78 is 0. The number of rotatable bonds is 4. The van der Waals surface area contributed by atoms with Crippen molar-refractivity contribution in [2.75, 3.05) is 30.4 Å². The molecule has 2 aromatic rings. The van der Waals surface area contributed by atoms with Gasteiger partial charge < -0.3 is 9.80 Å². The first-order chi connectivity index (χ1) is 9.61. The summed E-state index contributed by atoms with van der Waals surface area (Å²) >= 11 is 0. The van der Waals surface area contributed by atoms with E-state index in [4.69, 9.17) is 5.26 Å². The fourth-order valence-corrected chi connectivity index (χ4v) is 1.89. The highest BCUT2D eigenvalue weighted by atomic mass is 15.2. The Morgan fingerprint density at radius 2 is 1.90 bits per heavy atom. The number of benzene rings is 1. The monoisotopic (exact) mass is 267 g/mol. The molecule has 0 unspecified atom stereocenters. The molecule has 5 nitrogen and oxygen atoms in total. The summed E-state index contributed by atoms with van der Waals surface area (Å²) in [5, 5.41) is 8.74. The zero-order chi connectivity index (χ0) is 14.5. The molecule has 0 aliphatic heterocycles. The quantitative estimate of drug-likeness (QED) is 0.797. The maximum absolute atomic E-state index is 8.74. The number of nitrogens with zero attached hydrogens (tertiary/aromatic N) is 5. The molecule has 0 atom stereocenters. The number of aryl methyl sites for hydroxylation is 1. The van der Waals surface area contributed by atoms with Crippen molar-refractivity contribution in [3.05, 3.63) is 42.2 Å². The van der Waals surface area contributed by atoms with Crippen LogP contribution in [-0.2, 0) is 0 Å². The first-order valence-electron chi connectivity index (χ1n) is 6.32. The zero-order valence-electron chi connectivity index (χ0n) is 11.9. The molecule has 5 heteroatoms. The molecular formula is C15H17N5. The molecule has 0 spiro atoms. The summed E-state index contributed by atoms with van der Waals surface area (Å²) in [4.78, 5) is 12.3. The number of hydrogen-bond donors (Lipinski definition) is 0. The SMILES string of the molecule is Cc1cccc(N(C)c2cc(N(C)CC#N)ncn2)c1. The maximum atomic E-state index is 8.74. The van der Waals surface area contributed by atoms with Crippen molar-refractivity contribution in [2.24, 2.45) is 0 Å². The average Bonchev–Trinajstić information content (AvgIpc) is 2.47. The summed E-state index contributed by atoms with van der Waals surface area (Å²) in [6.45, 7) is 2.36. The van der Waals surface area contributed by atoms with Crippen molar-refractivity contribution >= 4 is 17.3 Å². The van der Waals surface area contributed by atoms with Crippen LogP contribution in [0.25, 0.3) is 0 Å². The molecule has 0 saturated carbocycles. The predicted octanol–water partition coefficient (Wildman–Crippen LogP) is 2.51. The number of hydrogen-bond acceptors (Lipinski definition) is 5. The smallest absolute Gasteiger partial charge is 0.138 e. The summed E-state index contributed by atoms with van der Waals surface area (Å²) in [6, 6.07) is 12.2. The predicted molar refractivity (Wildman–Crippen MR) is 80.2 cm³/mol. The largest absolute Gasteiger partial charge is 0.346 e. The van der Waals surface area contributed by atoms with E-state index in [9.17, 15) is 0 Å². The van der Waals surface area contributed by atoms with Crippen LogP contribution in [0, 0.1) is 18.3 Å². The van der Waals surface area contributed by atoms with E-state index in [-0.39, 0.29) is 0 Å². The second kappa shape index (κ2) is 6.02. The molecule has 0 amide bonds. The third-order valence-corrected chi connectivity index (χ3v) is 3.07. The van der Waals surface area contributed by atoms with Crippen LogP contribution in [0.4, 0.5) is 17.3 Å². The van der Waals surface area contributed by atoms with Crippen molar-refractivity contribution in [1.82, 2.24) is 9.97 Å². The molecule has 1 aromatic carbocycles. The van der Waals surface area contributed by atoms with Crippen LogP contribution in [0.3, 0.4) is 0 Å². The van der Waals surface area contributed by atoms with Gasteiger partial charge in [-0.1, -0.05) is 12.1 Å². The Bertz CT molecular complexity index is 632. The second-order valence-corrected chi connectivity index (χ2v) is 4.65. The molecule has 0 aliphatic rings. The van der Waals surface area contributed by atoms with Gasteiger partial charge in [0, 0.05) is 25.8 Å². The zero-order valence-corrected chi connectivity index (χ0v) is 11.9. The molecule has 0 saturated heterocycles. The van der Waals surface area contributed by atoms with Crippen LogP contribution in [0.1, 0.15) is 5.56 Å². The minimum absolute atomic E-state index is 0.296. The molecule has 20 heavy (non-hydrogen) atoms. The van der Waals surface area contributed by atoms with Gasteiger partial charge in [-0.3, -0.25) is 0 Å². The van der Waals surface area contributed by atoms with Gasteiger partial charge in [-0.05, 0) is 24.6 Å². The van der Waals surface area contributed by atoms with Crippen molar-refractivity contribution in [3.8, 4) is 6.07 Å². The first-order valence-corrected chi connectivity index (χ1v) is 6.32. The maximum Gasteiger partial charge on any atom is 0.138 e. The molecule has 0 aliphatic carbocycles. The lowest BCUT2D eigenvalue weighted by molar-refractivity contribution is 0.970. The highest BCUT2D eigenvalue weighted by Gasteiger charge is 2.09. The number of nitriles is 1. The Hall–Kier alpha value is -2.61. The van der Waals surface area contributed by atoms with Crippen LogP contribution in [0.15, 0.2) is 36.7 Å². The van der Waals surface area contributed by atoms with Gasteiger partial charge in [0.05, 0.1) is 6.07 Å². The lowest BCUT2D eigenvalue weighted by Gasteiger charge is -2.21. The average molecular weight is 267 g/mol. The van der Waals surface area contributed by atoms with Crippen LogP contribution in [0.5, 0.6) is 0 Å². The molecule has 1 aromatic heterocycles. The van der Waals surface area contributed by atoms with Gasteiger partial charge in [0.25, 0.3) is 0 Å². The molecule has 0 fully saturated rings. The van der Waals surface area contributed by atoms with Gasteiger partial charge in [0.2, 0.25) is 0 Å². The van der Waals surface area contributed by atoms with Crippen molar-refractivity contribution in [3.63, 3.8) is 0 Å². The van der Waals surface area contributed by atoms with Crippen LogP contribution >= 0.6 is 0 Å². The molecule has 0 bridgehead atoms. The Morgan fingerprint density at radius 1 is 1.15 bits per heavy atom. The van der Waals surface area contributed by atoms with E-state index in [2.05, 4.69) is 35.1 Å². The fourth-order valence-electron chi connectivity index (χ4n) is 1.89. The molecular weight excluding hydrogens is 250 g/mol. The molecule has 102 valence electrons.